The standard InChI is InChI=1S/C21H24Cl2N2O4/c1-4-24-21(27)14(2)25(12-15-9-10-16(22)17(23)11-15)20(26)13-29-19-8-6-5-7-18(19)28-3/h5-11,14H,4,12-13H2,1-3H3,(H,24,27). The van der Waals surface area contributed by atoms with Crippen LogP contribution in [0.1, 0.15) is 19.4 Å². The number of nitrogens with one attached hydrogen (secondary N) is 1. The van der Waals surface area contributed by atoms with Crippen LogP contribution in [0.2, 0.25) is 10.0 Å². The lowest BCUT2D eigenvalue weighted by atomic mass is 10.1. The number of hydrogen-bond donors (Lipinski definition) is 1. The molecule has 0 fully saturated rings. The molecule has 1 atom stereocenters. The summed E-state index contributed by atoms with van der Waals surface area (Å²) in [6.45, 7) is 3.90. The van der Waals surface area contributed by atoms with Crippen LogP contribution in [0.25, 0.3) is 0 Å². The second-order valence-corrected chi connectivity index (χ2v) is 7.09. The van der Waals surface area contributed by atoms with Crippen molar-refractivity contribution in [2.75, 3.05) is 20.3 Å². The van der Waals surface area contributed by atoms with Crippen molar-refractivity contribution in [3.05, 3.63) is 58.1 Å². The Morgan fingerprint density at radius 2 is 1.79 bits per heavy atom. The van der Waals surface area contributed by atoms with Gasteiger partial charge in [0.05, 0.1) is 17.2 Å². The van der Waals surface area contributed by atoms with E-state index >= 15 is 0 Å². The smallest absolute Gasteiger partial charge is 0.261 e. The van der Waals surface area contributed by atoms with Gasteiger partial charge in [-0.3, -0.25) is 9.59 Å². The molecule has 8 heteroatoms. The van der Waals surface area contributed by atoms with Gasteiger partial charge in [-0.2, -0.15) is 0 Å². The number of amides is 2. The van der Waals surface area contributed by atoms with Gasteiger partial charge in [-0.15, -0.1) is 0 Å². The van der Waals surface area contributed by atoms with Gasteiger partial charge in [0.25, 0.3) is 5.91 Å². The van der Waals surface area contributed by atoms with E-state index < -0.39 is 6.04 Å². The van der Waals surface area contributed by atoms with Crippen LogP contribution in [0, 0.1) is 0 Å². The molecule has 156 valence electrons. The number of likely N-dealkylation sites (N-methyl/N-ethyl adjacent to an activating group) is 1. The molecule has 1 unspecified atom stereocenters. The van der Waals surface area contributed by atoms with Gasteiger partial charge in [0, 0.05) is 13.1 Å². The molecule has 0 aliphatic heterocycles. The average Bonchev–Trinajstić information content (AvgIpc) is 2.72. The molecule has 0 aliphatic rings. The third kappa shape index (κ3) is 6.27. The van der Waals surface area contributed by atoms with Crippen molar-refractivity contribution in [2.45, 2.75) is 26.4 Å². The largest absolute Gasteiger partial charge is 0.493 e. The van der Waals surface area contributed by atoms with Crippen LogP contribution in [0.5, 0.6) is 11.5 Å². The first-order valence-electron chi connectivity index (χ1n) is 9.14. The maximum absolute atomic E-state index is 12.9. The Morgan fingerprint density at radius 3 is 2.41 bits per heavy atom. The van der Waals surface area contributed by atoms with Gasteiger partial charge in [0.1, 0.15) is 6.04 Å². The van der Waals surface area contributed by atoms with Crippen molar-refractivity contribution >= 4 is 35.0 Å². The topological polar surface area (TPSA) is 67.9 Å². The molecule has 6 nitrogen and oxygen atoms in total. The van der Waals surface area contributed by atoms with Crippen molar-refractivity contribution < 1.29 is 19.1 Å². The molecule has 2 aromatic rings. The number of benzene rings is 2. The number of carbonyl (C=O) groups is 2. The highest BCUT2D eigenvalue weighted by atomic mass is 35.5. The van der Waals surface area contributed by atoms with Crippen molar-refractivity contribution in [2.24, 2.45) is 0 Å². The second kappa shape index (κ2) is 10.9. The number of ether oxygens (including phenoxy) is 2. The van der Waals surface area contributed by atoms with Gasteiger partial charge in [-0.1, -0.05) is 41.4 Å². The zero-order valence-electron chi connectivity index (χ0n) is 16.6. The molecule has 0 heterocycles. The van der Waals surface area contributed by atoms with E-state index in [-0.39, 0.29) is 25.0 Å². The zero-order chi connectivity index (χ0) is 21.4. The summed E-state index contributed by atoms with van der Waals surface area (Å²) in [6.07, 6.45) is 0. The number of para-hydroxylation sites is 2. The summed E-state index contributed by atoms with van der Waals surface area (Å²) >= 11 is 12.1. The van der Waals surface area contributed by atoms with Crippen LogP contribution >= 0.6 is 23.2 Å². The molecule has 0 aromatic heterocycles. The Morgan fingerprint density at radius 1 is 1.10 bits per heavy atom. The number of rotatable bonds is 9. The first-order valence-corrected chi connectivity index (χ1v) is 9.89. The van der Waals surface area contributed by atoms with Crippen LogP contribution in [0.4, 0.5) is 0 Å². The summed E-state index contributed by atoms with van der Waals surface area (Å²) in [4.78, 5) is 26.7. The van der Waals surface area contributed by atoms with Crippen LogP contribution in [0.15, 0.2) is 42.5 Å². The number of hydrogen-bond acceptors (Lipinski definition) is 4. The highest BCUT2D eigenvalue weighted by molar-refractivity contribution is 6.42. The molecule has 0 aliphatic carbocycles. The Hall–Kier alpha value is -2.44. The Kier molecular flexibility index (Phi) is 8.61. The highest BCUT2D eigenvalue weighted by Gasteiger charge is 2.26. The van der Waals surface area contributed by atoms with E-state index in [1.54, 1.807) is 49.4 Å². The maximum Gasteiger partial charge on any atom is 0.261 e. The summed E-state index contributed by atoms with van der Waals surface area (Å²) in [5.41, 5.74) is 0.751. The number of halogens is 2. The molecular formula is C21H24Cl2N2O4. The Labute approximate surface area is 180 Å². The highest BCUT2D eigenvalue weighted by Crippen LogP contribution is 2.26. The normalized spacial score (nSPS) is 11.5. The quantitative estimate of drug-likeness (QED) is 0.643. The van der Waals surface area contributed by atoms with Gasteiger partial charge in [0.15, 0.2) is 18.1 Å². The van der Waals surface area contributed by atoms with E-state index in [1.807, 2.05) is 6.92 Å². The average molecular weight is 439 g/mol. The lowest BCUT2D eigenvalue weighted by Gasteiger charge is -2.28. The van der Waals surface area contributed by atoms with E-state index in [0.29, 0.717) is 28.1 Å². The summed E-state index contributed by atoms with van der Waals surface area (Å²) in [6, 6.07) is 11.4. The molecule has 1 N–H and O–H groups in total. The van der Waals surface area contributed by atoms with E-state index in [2.05, 4.69) is 5.32 Å². The van der Waals surface area contributed by atoms with Gasteiger partial charge < -0.3 is 19.7 Å². The first kappa shape index (κ1) is 22.8. The van der Waals surface area contributed by atoms with Crippen molar-refractivity contribution in [3.8, 4) is 11.5 Å². The van der Waals surface area contributed by atoms with Crippen LogP contribution in [0.3, 0.4) is 0 Å². The van der Waals surface area contributed by atoms with Crippen LogP contribution < -0.4 is 14.8 Å². The maximum atomic E-state index is 12.9. The Balaban J connectivity index is 2.19. The fourth-order valence-electron chi connectivity index (χ4n) is 2.70. The van der Waals surface area contributed by atoms with Gasteiger partial charge in [-0.25, -0.2) is 0 Å². The van der Waals surface area contributed by atoms with Gasteiger partial charge in [-0.05, 0) is 43.7 Å². The second-order valence-electron chi connectivity index (χ2n) is 6.28. The molecule has 0 radical (unpaired) electrons. The fourth-order valence-corrected chi connectivity index (χ4v) is 3.02. The predicted octanol–water partition coefficient (Wildman–Crippen LogP) is 3.93. The lowest BCUT2D eigenvalue weighted by Crippen LogP contribution is -2.49. The molecule has 29 heavy (non-hydrogen) atoms. The predicted molar refractivity (Wildman–Crippen MR) is 114 cm³/mol. The van der Waals surface area contributed by atoms with E-state index in [1.165, 1.54) is 12.0 Å². The van der Waals surface area contributed by atoms with Gasteiger partial charge >= 0.3 is 0 Å². The van der Waals surface area contributed by atoms with E-state index in [9.17, 15) is 9.59 Å². The summed E-state index contributed by atoms with van der Waals surface area (Å²) in [5, 5.41) is 3.54. The minimum Gasteiger partial charge on any atom is -0.493 e. The van der Waals surface area contributed by atoms with E-state index in [0.717, 1.165) is 5.56 Å². The summed E-state index contributed by atoms with van der Waals surface area (Å²) in [7, 11) is 1.53. The molecule has 2 rings (SSSR count). The molecule has 0 saturated carbocycles. The number of carbonyl (C=O) groups excluding carboxylic acids is 2. The van der Waals surface area contributed by atoms with E-state index in [4.69, 9.17) is 32.7 Å². The molecule has 0 saturated heterocycles. The van der Waals surface area contributed by atoms with Gasteiger partial charge in [0.2, 0.25) is 5.91 Å². The monoisotopic (exact) mass is 438 g/mol. The number of nitrogens with zero attached hydrogens (tertiary/aromatic N) is 1. The molecule has 0 bridgehead atoms. The van der Waals surface area contributed by atoms with Crippen molar-refractivity contribution in [3.63, 3.8) is 0 Å². The molecule has 0 spiro atoms. The minimum atomic E-state index is -0.696. The first-order chi connectivity index (χ1) is 13.9. The Bertz CT molecular complexity index is 860. The lowest BCUT2D eigenvalue weighted by molar-refractivity contribution is -0.142. The van der Waals surface area contributed by atoms with Crippen LogP contribution in [-0.2, 0) is 16.1 Å². The summed E-state index contributed by atoms with van der Waals surface area (Å²) in [5.74, 6) is 0.371. The fraction of sp³-hybridized carbons (Fsp3) is 0.333. The molecule has 2 aromatic carbocycles. The SMILES string of the molecule is CCNC(=O)C(C)N(Cc1ccc(Cl)c(Cl)c1)C(=O)COc1ccccc1OC. The van der Waals surface area contributed by atoms with Crippen molar-refractivity contribution in [1.82, 2.24) is 10.2 Å². The summed E-state index contributed by atoms with van der Waals surface area (Å²) < 4.78 is 10.9. The minimum absolute atomic E-state index is 0.184. The number of methoxy groups -OCH3 is 1. The molecule has 2 amide bonds. The van der Waals surface area contributed by atoms with Crippen LogP contribution in [-0.4, -0.2) is 43.0 Å². The molecular weight excluding hydrogens is 415 g/mol. The zero-order valence-corrected chi connectivity index (χ0v) is 18.1. The van der Waals surface area contributed by atoms with Crippen molar-refractivity contribution in [1.29, 1.82) is 0 Å². The third-order valence-electron chi connectivity index (χ3n) is 4.28. The third-order valence-corrected chi connectivity index (χ3v) is 5.01.